The summed E-state index contributed by atoms with van der Waals surface area (Å²) in [4.78, 5) is 14.8. The average molecular weight is 268 g/mol. The Labute approximate surface area is 114 Å². The molecule has 1 saturated carbocycles. The fourth-order valence-electron chi connectivity index (χ4n) is 4.03. The molecule has 0 bridgehead atoms. The summed E-state index contributed by atoms with van der Waals surface area (Å²) < 4.78 is 11.2. The Morgan fingerprint density at radius 2 is 2.05 bits per heavy atom. The normalized spacial score (nSPS) is 41.3. The molecule has 3 fully saturated rings. The number of ether oxygens (including phenoxy) is 2. The molecule has 2 aliphatic heterocycles. The van der Waals surface area contributed by atoms with E-state index in [-0.39, 0.29) is 23.3 Å². The van der Waals surface area contributed by atoms with Crippen LogP contribution in [0.15, 0.2) is 0 Å². The van der Waals surface area contributed by atoms with Gasteiger partial charge < -0.3 is 20.1 Å². The van der Waals surface area contributed by atoms with Crippen LogP contribution in [0.2, 0.25) is 0 Å². The predicted octanol–water partition coefficient (Wildman–Crippen LogP) is 0.378. The Kier molecular flexibility index (Phi) is 3.11. The second kappa shape index (κ2) is 4.43. The van der Waals surface area contributed by atoms with E-state index in [2.05, 4.69) is 13.8 Å². The maximum Gasteiger partial charge on any atom is 0.243 e. The highest BCUT2D eigenvalue weighted by Gasteiger charge is 2.71. The highest BCUT2D eigenvalue weighted by Crippen LogP contribution is 2.58. The van der Waals surface area contributed by atoms with E-state index in [1.165, 1.54) is 0 Å². The fourth-order valence-corrected chi connectivity index (χ4v) is 4.03. The third-order valence-electron chi connectivity index (χ3n) is 5.32. The largest absolute Gasteiger partial charge is 0.380 e. The van der Waals surface area contributed by atoms with Gasteiger partial charge in [-0.25, -0.2) is 0 Å². The van der Waals surface area contributed by atoms with Crippen molar-refractivity contribution >= 4 is 5.91 Å². The maximum atomic E-state index is 12.9. The quantitative estimate of drug-likeness (QED) is 0.746. The van der Waals surface area contributed by atoms with Gasteiger partial charge in [-0.3, -0.25) is 4.79 Å². The van der Waals surface area contributed by atoms with E-state index in [1.807, 2.05) is 4.90 Å². The van der Waals surface area contributed by atoms with Crippen LogP contribution in [0.3, 0.4) is 0 Å². The van der Waals surface area contributed by atoms with Crippen LogP contribution in [0.25, 0.3) is 0 Å². The van der Waals surface area contributed by atoms with E-state index >= 15 is 0 Å². The van der Waals surface area contributed by atoms with E-state index in [9.17, 15) is 4.79 Å². The van der Waals surface area contributed by atoms with Gasteiger partial charge >= 0.3 is 0 Å². The van der Waals surface area contributed by atoms with Crippen LogP contribution < -0.4 is 5.73 Å². The van der Waals surface area contributed by atoms with Crippen LogP contribution in [0.4, 0.5) is 0 Å². The van der Waals surface area contributed by atoms with Crippen molar-refractivity contribution in [2.45, 2.75) is 38.3 Å². The van der Waals surface area contributed by atoms with Crippen LogP contribution in [0.1, 0.15) is 26.7 Å². The van der Waals surface area contributed by atoms with Crippen LogP contribution in [0, 0.1) is 11.3 Å². The Hall–Kier alpha value is -0.650. The van der Waals surface area contributed by atoms with Gasteiger partial charge in [0.15, 0.2) is 0 Å². The summed E-state index contributed by atoms with van der Waals surface area (Å²) in [6, 6.07) is 0. The summed E-state index contributed by atoms with van der Waals surface area (Å²) in [6.45, 7) is 7.62. The highest BCUT2D eigenvalue weighted by molar-refractivity contribution is 5.89. The number of rotatable bonds is 1. The molecule has 2 saturated heterocycles. The van der Waals surface area contributed by atoms with Crippen molar-refractivity contribution in [3.63, 3.8) is 0 Å². The predicted molar refractivity (Wildman–Crippen MR) is 70.6 cm³/mol. The molecule has 0 spiro atoms. The second-order valence-electron chi connectivity index (χ2n) is 6.54. The fraction of sp³-hybridized carbons (Fsp3) is 0.929. The number of fused-ring (bicyclic) bond motifs is 1. The first-order valence-electron chi connectivity index (χ1n) is 7.27. The second-order valence-corrected chi connectivity index (χ2v) is 6.54. The van der Waals surface area contributed by atoms with Gasteiger partial charge in [-0.1, -0.05) is 13.8 Å². The molecule has 0 aromatic heterocycles. The van der Waals surface area contributed by atoms with Crippen molar-refractivity contribution in [1.82, 2.24) is 4.90 Å². The standard InChI is InChI=1S/C14H24N2O3/c1-13(2)11-10(4-8-19-11)14(13,15)12(17)16-5-3-7-18-9-6-16/h10-11H,3-9,15H2,1-2H3. The molecule has 3 rings (SSSR count). The molecular weight excluding hydrogens is 244 g/mol. The van der Waals surface area contributed by atoms with Gasteiger partial charge in [-0.15, -0.1) is 0 Å². The van der Waals surface area contributed by atoms with Crippen molar-refractivity contribution in [2.24, 2.45) is 17.1 Å². The molecule has 3 aliphatic rings. The minimum Gasteiger partial charge on any atom is -0.380 e. The number of carbonyl (C=O) groups is 1. The summed E-state index contributed by atoms with van der Waals surface area (Å²) in [6.07, 6.45) is 1.94. The first kappa shape index (κ1) is 13.3. The zero-order valence-corrected chi connectivity index (χ0v) is 11.9. The molecule has 2 heterocycles. The van der Waals surface area contributed by atoms with Gasteiger partial charge in [0.1, 0.15) is 5.54 Å². The van der Waals surface area contributed by atoms with E-state index in [0.717, 1.165) is 32.6 Å². The SMILES string of the molecule is CC1(C)C2OCCC2C1(N)C(=O)N1CCCOCC1. The molecule has 1 amide bonds. The molecule has 1 aliphatic carbocycles. The van der Waals surface area contributed by atoms with Gasteiger partial charge in [-0.05, 0) is 12.8 Å². The number of hydrogen-bond acceptors (Lipinski definition) is 4. The molecular formula is C14H24N2O3. The molecule has 5 nitrogen and oxygen atoms in total. The highest BCUT2D eigenvalue weighted by atomic mass is 16.5. The number of amides is 1. The third kappa shape index (κ3) is 1.68. The van der Waals surface area contributed by atoms with E-state index < -0.39 is 5.54 Å². The summed E-state index contributed by atoms with van der Waals surface area (Å²) in [7, 11) is 0. The summed E-state index contributed by atoms with van der Waals surface area (Å²) >= 11 is 0. The molecule has 0 aromatic rings. The van der Waals surface area contributed by atoms with Gasteiger partial charge in [0.05, 0.1) is 12.7 Å². The van der Waals surface area contributed by atoms with Crippen molar-refractivity contribution in [2.75, 3.05) is 32.9 Å². The maximum absolute atomic E-state index is 12.9. The molecule has 3 atom stereocenters. The Bertz CT molecular complexity index is 377. The smallest absolute Gasteiger partial charge is 0.243 e. The van der Waals surface area contributed by atoms with E-state index in [0.29, 0.717) is 13.2 Å². The van der Waals surface area contributed by atoms with Crippen molar-refractivity contribution in [3.8, 4) is 0 Å². The first-order valence-corrected chi connectivity index (χ1v) is 7.27. The summed E-state index contributed by atoms with van der Waals surface area (Å²) in [5.41, 5.74) is 5.53. The molecule has 19 heavy (non-hydrogen) atoms. The first-order chi connectivity index (χ1) is 8.99. The Morgan fingerprint density at radius 1 is 1.26 bits per heavy atom. The van der Waals surface area contributed by atoms with Crippen molar-refractivity contribution in [1.29, 1.82) is 0 Å². The molecule has 0 aromatic carbocycles. The molecule has 2 N–H and O–H groups in total. The van der Waals surface area contributed by atoms with Crippen LogP contribution >= 0.6 is 0 Å². The van der Waals surface area contributed by atoms with Crippen LogP contribution in [-0.2, 0) is 14.3 Å². The van der Waals surface area contributed by atoms with Crippen LogP contribution in [0.5, 0.6) is 0 Å². The van der Waals surface area contributed by atoms with E-state index in [1.54, 1.807) is 0 Å². The topological polar surface area (TPSA) is 64.8 Å². The van der Waals surface area contributed by atoms with Gasteiger partial charge in [-0.2, -0.15) is 0 Å². The lowest BCUT2D eigenvalue weighted by Gasteiger charge is -2.61. The monoisotopic (exact) mass is 268 g/mol. The molecule has 0 radical (unpaired) electrons. The lowest BCUT2D eigenvalue weighted by Crippen LogP contribution is -2.80. The van der Waals surface area contributed by atoms with E-state index in [4.69, 9.17) is 15.2 Å². The summed E-state index contributed by atoms with van der Waals surface area (Å²) in [5, 5.41) is 0. The van der Waals surface area contributed by atoms with Gasteiger partial charge in [0.25, 0.3) is 0 Å². The third-order valence-corrected chi connectivity index (χ3v) is 5.32. The lowest BCUT2D eigenvalue weighted by atomic mass is 9.47. The van der Waals surface area contributed by atoms with Gasteiger partial charge in [0, 0.05) is 37.6 Å². The van der Waals surface area contributed by atoms with Gasteiger partial charge in [0.2, 0.25) is 5.91 Å². The molecule has 3 unspecified atom stereocenters. The van der Waals surface area contributed by atoms with Crippen molar-refractivity contribution in [3.05, 3.63) is 0 Å². The zero-order chi connectivity index (χ0) is 13.7. The Morgan fingerprint density at radius 3 is 2.84 bits per heavy atom. The number of nitrogens with two attached hydrogens (primary N) is 1. The number of nitrogens with zero attached hydrogens (tertiary/aromatic N) is 1. The minimum absolute atomic E-state index is 0.0924. The Balaban J connectivity index is 1.81. The summed E-state index contributed by atoms with van der Waals surface area (Å²) in [5.74, 6) is 0.272. The van der Waals surface area contributed by atoms with Crippen molar-refractivity contribution < 1.29 is 14.3 Å². The average Bonchev–Trinajstić information content (AvgIpc) is 2.71. The number of hydrogen-bond donors (Lipinski definition) is 1. The molecule has 5 heteroatoms. The number of carbonyl (C=O) groups excluding carboxylic acids is 1. The lowest BCUT2D eigenvalue weighted by molar-refractivity contribution is -0.184. The minimum atomic E-state index is -0.765. The molecule has 108 valence electrons. The van der Waals surface area contributed by atoms with Crippen LogP contribution in [-0.4, -0.2) is 55.4 Å². The zero-order valence-electron chi connectivity index (χ0n) is 11.9.